The Hall–Kier alpha value is -1.59. The molecule has 0 radical (unpaired) electrons. The first-order valence-electron chi connectivity index (χ1n) is 6.02. The molecule has 0 saturated heterocycles. The first-order valence-corrected chi connectivity index (χ1v) is 6.02. The molecule has 2 amide bonds. The molecule has 0 saturated carbocycles. The van der Waals surface area contributed by atoms with E-state index < -0.39 is 0 Å². The Kier molecular flexibility index (Phi) is 3.98. The average Bonchev–Trinajstić information content (AvgIpc) is 2.63. The van der Waals surface area contributed by atoms with Gasteiger partial charge in [0.1, 0.15) is 6.33 Å². The van der Waals surface area contributed by atoms with Crippen molar-refractivity contribution in [1.82, 2.24) is 25.4 Å². The van der Waals surface area contributed by atoms with Gasteiger partial charge in [-0.05, 0) is 20.3 Å². The third kappa shape index (κ3) is 3.72. The van der Waals surface area contributed by atoms with E-state index in [1.807, 2.05) is 20.9 Å². The highest BCUT2D eigenvalue weighted by molar-refractivity contribution is 5.74. The van der Waals surface area contributed by atoms with Crippen molar-refractivity contribution < 1.29 is 4.79 Å². The Morgan fingerprint density at radius 3 is 2.44 bits per heavy atom. The lowest BCUT2D eigenvalue weighted by Crippen LogP contribution is -2.50. The molecule has 6 heteroatoms. The molecule has 1 aromatic rings. The largest absolute Gasteiger partial charge is 0.341 e. The van der Waals surface area contributed by atoms with Gasteiger partial charge in [0.2, 0.25) is 0 Å². The summed E-state index contributed by atoms with van der Waals surface area (Å²) in [5.74, 6) is 0.789. The van der Waals surface area contributed by atoms with Crippen LogP contribution in [-0.4, -0.2) is 33.4 Å². The minimum atomic E-state index is -0.331. The summed E-state index contributed by atoms with van der Waals surface area (Å²) in [5.41, 5.74) is -0.533. The Morgan fingerprint density at radius 2 is 2.00 bits per heavy atom. The van der Waals surface area contributed by atoms with E-state index in [9.17, 15) is 4.79 Å². The molecule has 0 aliphatic rings. The van der Waals surface area contributed by atoms with Crippen molar-refractivity contribution in [3.8, 4) is 0 Å². The van der Waals surface area contributed by atoms with Gasteiger partial charge in [0, 0.05) is 25.0 Å². The second-order valence-electron chi connectivity index (χ2n) is 5.89. The summed E-state index contributed by atoms with van der Waals surface area (Å²) in [7, 11) is 3.46. The van der Waals surface area contributed by atoms with Gasteiger partial charge >= 0.3 is 6.03 Å². The van der Waals surface area contributed by atoms with Crippen molar-refractivity contribution in [2.24, 2.45) is 7.05 Å². The van der Waals surface area contributed by atoms with Crippen LogP contribution < -0.4 is 10.6 Å². The van der Waals surface area contributed by atoms with Gasteiger partial charge in [-0.25, -0.2) is 9.78 Å². The van der Waals surface area contributed by atoms with Crippen LogP contribution in [0.15, 0.2) is 6.33 Å². The van der Waals surface area contributed by atoms with Crippen molar-refractivity contribution in [1.29, 1.82) is 0 Å². The van der Waals surface area contributed by atoms with Crippen LogP contribution in [0.2, 0.25) is 0 Å². The lowest BCUT2D eigenvalue weighted by molar-refractivity contribution is 0.221. The quantitative estimate of drug-likeness (QED) is 0.846. The van der Waals surface area contributed by atoms with E-state index in [0.29, 0.717) is 0 Å². The van der Waals surface area contributed by atoms with Crippen LogP contribution in [0.1, 0.15) is 39.9 Å². The van der Waals surface area contributed by atoms with Gasteiger partial charge in [0.05, 0.1) is 0 Å². The molecule has 1 rings (SSSR count). The molecule has 0 bridgehead atoms. The fourth-order valence-corrected chi connectivity index (χ4v) is 2.25. The molecule has 2 N–H and O–H groups in total. The van der Waals surface area contributed by atoms with E-state index in [1.165, 1.54) is 0 Å². The van der Waals surface area contributed by atoms with Gasteiger partial charge in [-0.1, -0.05) is 13.8 Å². The van der Waals surface area contributed by atoms with Crippen LogP contribution in [0.3, 0.4) is 0 Å². The van der Waals surface area contributed by atoms with Crippen LogP contribution in [0.4, 0.5) is 4.79 Å². The van der Waals surface area contributed by atoms with Crippen LogP contribution >= 0.6 is 0 Å². The average molecular weight is 253 g/mol. The van der Waals surface area contributed by atoms with Gasteiger partial charge in [0.15, 0.2) is 5.82 Å². The van der Waals surface area contributed by atoms with E-state index >= 15 is 0 Å². The number of nitrogens with zero attached hydrogens (tertiary/aromatic N) is 3. The monoisotopic (exact) mass is 253 g/mol. The molecule has 1 heterocycles. The van der Waals surface area contributed by atoms with Gasteiger partial charge < -0.3 is 10.6 Å². The predicted octanol–water partition coefficient (Wildman–Crippen LogP) is 1.19. The number of aryl methyl sites for hydroxylation is 1. The molecule has 0 aromatic carbocycles. The number of urea groups is 1. The summed E-state index contributed by atoms with van der Waals surface area (Å²) in [6, 6.07) is -0.176. The van der Waals surface area contributed by atoms with E-state index in [4.69, 9.17) is 0 Å². The number of aromatic nitrogens is 3. The zero-order valence-corrected chi connectivity index (χ0v) is 12.0. The van der Waals surface area contributed by atoms with E-state index in [1.54, 1.807) is 18.1 Å². The maximum atomic E-state index is 11.4. The minimum Gasteiger partial charge on any atom is -0.341 e. The Labute approximate surface area is 108 Å². The normalized spacial score (nSPS) is 12.3. The number of rotatable bonds is 4. The van der Waals surface area contributed by atoms with Crippen molar-refractivity contribution in [3.05, 3.63) is 12.2 Å². The van der Waals surface area contributed by atoms with Crippen molar-refractivity contribution >= 4 is 6.03 Å². The molecule has 0 fully saturated rings. The van der Waals surface area contributed by atoms with Crippen molar-refractivity contribution in [2.45, 2.75) is 45.1 Å². The van der Waals surface area contributed by atoms with E-state index in [0.717, 1.165) is 12.2 Å². The second-order valence-corrected chi connectivity index (χ2v) is 5.89. The summed E-state index contributed by atoms with van der Waals surface area (Å²) in [6.07, 6.45) is 2.44. The van der Waals surface area contributed by atoms with Gasteiger partial charge in [0.25, 0.3) is 0 Å². The Bertz CT molecular complexity index is 422. The molecular formula is C12H23N5O. The number of amides is 2. The number of carbonyl (C=O) groups excluding carboxylic acids is 1. The summed E-state index contributed by atoms with van der Waals surface area (Å²) in [5, 5.41) is 9.83. The maximum absolute atomic E-state index is 11.4. The highest BCUT2D eigenvalue weighted by Gasteiger charge is 2.33. The van der Waals surface area contributed by atoms with Gasteiger partial charge in [-0.15, -0.1) is 0 Å². The van der Waals surface area contributed by atoms with Crippen LogP contribution in [0, 0.1) is 0 Å². The third-order valence-electron chi connectivity index (χ3n) is 2.77. The molecule has 0 aliphatic heterocycles. The molecule has 0 unspecified atom stereocenters. The SMILES string of the molecule is CNC(=O)NC(C)(C)CC(C)(C)c1ncn(C)n1. The van der Waals surface area contributed by atoms with E-state index in [-0.39, 0.29) is 17.0 Å². The standard InChI is InChI=1S/C12H23N5O/c1-11(2,9-14-8-17(6)16-9)7-12(3,4)15-10(18)13-5/h8H,7H2,1-6H3,(H2,13,15,18). The number of hydrogen-bond acceptors (Lipinski definition) is 3. The van der Waals surface area contributed by atoms with E-state index in [2.05, 4.69) is 34.6 Å². The molecule has 0 spiro atoms. The van der Waals surface area contributed by atoms with Gasteiger partial charge in [-0.2, -0.15) is 5.10 Å². The third-order valence-corrected chi connectivity index (χ3v) is 2.77. The fourth-order valence-electron chi connectivity index (χ4n) is 2.25. The Balaban J connectivity index is 2.78. The molecule has 1 aromatic heterocycles. The lowest BCUT2D eigenvalue weighted by atomic mass is 9.79. The van der Waals surface area contributed by atoms with Crippen molar-refractivity contribution in [2.75, 3.05) is 7.05 Å². The Morgan fingerprint density at radius 1 is 1.39 bits per heavy atom. The van der Waals surface area contributed by atoms with Gasteiger partial charge in [-0.3, -0.25) is 4.68 Å². The second kappa shape index (κ2) is 4.96. The molecule has 6 nitrogen and oxygen atoms in total. The molecule has 0 atom stereocenters. The fraction of sp³-hybridized carbons (Fsp3) is 0.750. The number of nitrogens with one attached hydrogen (secondary N) is 2. The molecule has 18 heavy (non-hydrogen) atoms. The van der Waals surface area contributed by atoms with Crippen molar-refractivity contribution in [3.63, 3.8) is 0 Å². The zero-order chi connectivity index (χ0) is 14.0. The number of carbonyl (C=O) groups is 1. The van der Waals surface area contributed by atoms with Crippen LogP contribution in [-0.2, 0) is 12.5 Å². The predicted molar refractivity (Wildman–Crippen MR) is 70.3 cm³/mol. The highest BCUT2D eigenvalue weighted by atomic mass is 16.2. The lowest BCUT2D eigenvalue weighted by Gasteiger charge is -2.33. The zero-order valence-electron chi connectivity index (χ0n) is 12.0. The summed E-state index contributed by atoms with van der Waals surface area (Å²) in [4.78, 5) is 15.7. The highest BCUT2D eigenvalue weighted by Crippen LogP contribution is 2.29. The summed E-state index contributed by atoms with van der Waals surface area (Å²) >= 11 is 0. The first kappa shape index (κ1) is 14.5. The topological polar surface area (TPSA) is 71.8 Å². The number of hydrogen-bond donors (Lipinski definition) is 2. The first-order chi connectivity index (χ1) is 8.16. The molecule has 0 aliphatic carbocycles. The van der Waals surface area contributed by atoms with Crippen LogP contribution in [0.5, 0.6) is 0 Å². The smallest absolute Gasteiger partial charge is 0.314 e. The summed E-state index contributed by atoms with van der Waals surface area (Å²) in [6.45, 7) is 8.14. The minimum absolute atomic E-state index is 0.176. The maximum Gasteiger partial charge on any atom is 0.314 e. The summed E-state index contributed by atoms with van der Waals surface area (Å²) < 4.78 is 1.69. The van der Waals surface area contributed by atoms with Crippen LogP contribution in [0.25, 0.3) is 0 Å². The molecule has 102 valence electrons. The molecular weight excluding hydrogens is 230 g/mol.